The first-order valence-electron chi connectivity index (χ1n) is 6.98. The van der Waals surface area contributed by atoms with Gasteiger partial charge >= 0.3 is 0 Å². The van der Waals surface area contributed by atoms with Crippen molar-refractivity contribution in [2.24, 2.45) is 0 Å². The fourth-order valence-corrected chi connectivity index (χ4v) is 1.87. The number of unbranched alkanes of at least 4 members (excludes halogenated alkanes) is 2. The summed E-state index contributed by atoms with van der Waals surface area (Å²) in [6, 6.07) is 0. The largest absolute Gasteiger partial charge is 0.387 e. The Labute approximate surface area is 110 Å². The quantitative estimate of drug-likeness (QED) is 0.513. The van der Waals surface area contributed by atoms with Gasteiger partial charge in [-0.15, -0.1) is 0 Å². The third kappa shape index (κ3) is 4.69. The molecule has 0 aromatic heterocycles. The molecule has 2 N–H and O–H groups in total. The Morgan fingerprint density at radius 2 is 1.22 bits per heavy atom. The van der Waals surface area contributed by atoms with Crippen molar-refractivity contribution in [2.45, 2.75) is 63.9 Å². The molecule has 0 aliphatic heterocycles. The highest BCUT2D eigenvalue weighted by Crippen LogP contribution is 2.19. The topological polar surface area (TPSA) is 58.9 Å². The zero-order chi connectivity index (χ0) is 13.4. The normalized spacial score (nSPS) is 31.8. The molecule has 1 rings (SSSR count). The Balaban J connectivity index is 2.40. The minimum absolute atomic E-state index is 0.419. The molecule has 3 unspecified atom stereocenters. The van der Waals surface area contributed by atoms with Crippen LogP contribution in [0.4, 0.5) is 0 Å². The zero-order valence-electron chi connectivity index (χ0n) is 11.4. The summed E-state index contributed by atoms with van der Waals surface area (Å²) in [7, 11) is 0. The number of ether oxygens (including phenoxy) is 2. The van der Waals surface area contributed by atoms with E-state index in [1.54, 1.807) is 12.2 Å². The van der Waals surface area contributed by atoms with E-state index < -0.39 is 24.4 Å². The van der Waals surface area contributed by atoms with Crippen LogP contribution in [0.15, 0.2) is 12.2 Å². The standard InChI is InChI=1S/C14H26O4/c1-3-5-9-17-11-7-8-12(14(16)13(11)15)18-10-6-4-2/h7-8,11-16H,3-6,9-10H2,1-2H3/t11?,12?,13-,14?/m1/s1. The minimum atomic E-state index is -0.904. The van der Waals surface area contributed by atoms with E-state index in [0.29, 0.717) is 13.2 Å². The maximum absolute atomic E-state index is 9.96. The Hall–Kier alpha value is -0.420. The van der Waals surface area contributed by atoms with Gasteiger partial charge in [0.2, 0.25) is 0 Å². The van der Waals surface area contributed by atoms with Gasteiger partial charge in [0.25, 0.3) is 0 Å². The van der Waals surface area contributed by atoms with Gasteiger partial charge in [0, 0.05) is 13.2 Å². The van der Waals surface area contributed by atoms with E-state index in [0.717, 1.165) is 25.7 Å². The molecule has 0 radical (unpaired) electrons. The Morgan fingerprint density at radius 1 is 0.833 bits per heavy atom. The smallest absolute Gasteiger partial charge is 0.112 e. The molecular weight excluding hydrogens is 232 g/mol. The van der Waals surface area contributed by atoms with Crippen molar-refractivity contribution >= 4 is 0 Å². The van der Waals surface area contributed by atoms with Crippen LogP contribution in [0, 0.1) is 0 Å². The fraction of sp³-hybridized carbons (Fsp3) is 0.857. The summed E-state index contributed by atoms with van der Waals surface area (Å²) in [5.74, 6) is 0. The van der Waals surface area contributed by atoms with Crippen molar-refractivity contribution in [1.29, 1.82) is 0 Å². The number of aliphatic hydroxyl groups excluding tert-OH is 2. The van der Waals surface area contributed by atoms with E-state index in [2.05, 4.69) is 13.8 Å². The second-order valence-electron chi connectivity index (χ2n) is 4.74. The summed E-state index contributed by atoms with van der Waals surface area (Å²) >= 11 is 0. The van der Waals surface area contributed by atoms with Gasteiger partial charge in [-0.05, 0) is 12.8 Å². The molecule has 0 aromatic carbocycles. The van der Waals surface area contributed by atoms with Gasteiger partial charge in [0.15, 0.2) is 0 Å². The summed E-state index contributed by atoms with van der Waals surface area (Å²) in [5.41, 5.74) is 0. The molecule has 0 saturated heterocycles. The van der Waals surface area contributed by atoms with Gasteiger partial charge < -0.3 is 19.7 Å². The molecule has 0 spiro atoms. The molecular formula is C14H26O4. The zero-order valence-corrected chi connectivity index (χ0v) is 11.4. The maximum Gasteiger partial charge on any atom is 0.112 e. The predicted molar refractivity (Wildman–Crippen MR) is 70.4 cm³/mol. The fourth-order valence-electron chi connectivity index (χ4n) is 1.87. The monoisotopic (exact) mass is 258 g/mol. The molecule has 0 fully saturated rings. The molecule has 18 heavy (non-hydrogen) atoms. The molecule has 0 heterocycles. The second-order valence-corrected chi connectivity index (χ2v) is 4.74. The van der Waals surface area contributed by atoms with Crippen LogP contribution in [0.3, 0.4) is 0 Å². The van der Waals surface area contributed by atoms with Crippen molar-refractivity contribution < 1.29 is 19.7 Å². The summed E-state index contributed by atoms with van der Waals surface area (Å²) in [5, 5.41) is 19.9. The van der Waals surface area contributed by atoms with Crippen LogP contribution in [-0.4, -0.2) is 47.8 Å². The number of rotatable bonds is 8. The minimum Gasteiger partial charge on any atom is -0.387 e. The molecule has 4 heteroatoms. The van der Waals surface area contributed by atoms with Gasteiger partial charge in [0.1, 0.15) is 24.4 Å². The van der Waals surface area contributed by atoms with Gasteiger partial charge in [0.05, 0.1) is 0 Å². The van der Waals surface area contributed by atoms with Crippen LogP contribution in [-0.2, 0) is 9.47 Å². The number of hydrogen-bond acceptors (Lipinski definition) is 4. The van der Waals surface area contributed by atoms with Crippen LogP contribution in [0.2, 0.25) is 0 Å². The Kier molecular flexibility index (Phi) is 7.51. The second kappa shape index (κ2) is 8.64. The number of aliphatic hydroxyl groups is 2. The summed E-state index contributed by atoms with van der Waals surface area (Å²) < 4.78 is 11.1. The van der Waals surface area contributed by atoms with E-state index in [-0.39, 0.29) is 0 Å². The average molecular weight is 258 g/mol. The number of hydrogen-bond donors (Lipinski definition) is 2. The molecule has 0 amide bonds. The first-order chi connectivity index (χ1) is 8.70. The Bertz CT molecular complexity index is 218. The highest BCUT2D eigenvalue weighted by Gasteiger charge is 2.34. The van der Waals surface area contributed by atoms with Gasteiger partial charge in [-0.2, -0.15) is 0 Å². The molecule has 106 valence electrons. The molecule has 0 saturated carbocycles. The van der Waals surface area contributed by atoms with Crippen molar-refractivity contribution in [1.82, 2.24) is 0 Å². The van der Waals surface area contributed by atoms with E-state index in [9.17, 15) is 10.2 Å². The van der Waals surface area contributed by atoms with Crippen LogP contribution in [0.1, 0.15) is 39.5 Å². The summed E-state index contributed by atoms with van der Waals surface area (Å²) in [4.78, 5) is 0. The third-order valence-corrected chi connectivity index (χ3v) is 3.13. The van der Waals surface area contributed by atoms with E-state index in [4.69, 9.17) is 9.47 Å². The molecule has 0 aromatic rings. The van der Waals surface area contributed by atoms with Gasteiger partial charge in [-0.1, -0.05) is 38.8 Å². The highest BCUT2D eigenvalue weighted by molar-refractivity contribution is 5.09. The molecule has 0 bridgehead atoms. The van der Waals surface area contributed by atoms with Crippen LogP contribution < -0.4 is 0 Å². The SMILES string of the molecule is CCCCOC1C=CC(OCCCC)[C@@H](O)C1O. The van der Waals surface area contributed by atoms with Crippen LogP contribution >= 0.6 is 0 Å². The predicted octanol–water partition coefficient (Wildman–Crippen LogP) is 1.65. The van der Waals surface area contributed by atoms with Gasteiger partial charge in [-0.3, -0.25) is 0 Å². The lowest BCUT2D eigenvalue weighted by Gasteiger charge is -2.33. The highest BCUT2D eigenvalue weighted by atomic mass is 16.5. The summed E-state index contributed by atoms with van der Waals surface area (Å²) in [6.07, 6.45) is 4.98. The molecule has 1 aliphatic rings. The first kappa shape index (κ1) is 15.6. The average Bonchev–Trinajstić information content (AvgIpc) is 2.37. The lowest BCUT2D eigenvalue weighted by molar-refractivity contribution is -0.122. The van der Waals surface area contributed by atoms with Crippen molar-refractivity contribution in [2.75, 3.05) is 13.2 Å². The third-order valence-electron chi connectivity index (χ3n) is 3.13. The summed E-state index contributed by atoms with van der Waals surface area (Å²) in [6.45, 7) is 5.39. The maximum atomic E-state index is 9.96. The molecule has 4 atom stereocenters. The van der Waals surface area contributed by atoms with E-state index >= 15 is 0 Å². The Morgan fingerprint density at radius 3 is 1.56 bits per heavy atom. The first-order valence-corrected chi connectivity index (χ1v) is 6.98. The lowest BCUT2D eigenvalue weighted by atomic mass is 9.96. The van der Waals surface area contributed by atoms with E-state index in [1.165, 1.54) is 0 Å². The molecule has 1 aliphatic carbocycles. The van der Waals surface area contributed by atoms with Gasteiger partial charge in [-0.25, -0.2) is 0 Å². The van der Waals surface area contributed by atoms with Crippen LogP contribution in [0.5, 0.6) is 0 Å². The molecule has 4 nitrogen and oxygen atoms in total. The van der Waals surface area contributed by atoms with Crippen molar-refractivity contribution in [3.63, 3.8) is 0 Å². The lowest BCUT2D eigenvalue weighted by Crippen LogP contribution is -2.48. The van der Waals surface area contributed by atoms with Crippen molar-refractivity contribution in [3.8, 4) is 0 Å². The van der Waals surface area contributed by atoms with Crippen molar-refractivity contribution in [3.05, 3.63) is 12.2 Å². The van der Waals surface area contributed by atoms with Crippen LogP contribution in [0.25, 0.3) is 0 Å². The van der Waals surface area contributed by atoms with E-state index in [1.807, 2.05) is 0 Å².